The lowest BCUT2D eigenvalue weighted by Gasteiger charge is -2.12. The van der Waals surface area contributed by atoms with Crippen LogP contribution in [0.4, 0.5) is 16.2 Å². The highest BCUT2D eigenvalue weighted by molar-refractivity contribution is 8.18. The van der Waals surface area contributed by atoms with Gasteiger partial charge >= 0.3 is 0 Å². The second kappa shape index (κ2) is 8.96. The Hall–Kier alpha value is -3.06. The zero-order valence-electron chi connectivity index (χ0n) is 16.6. The van der Waals surface area contributed by atoms with Gasteiger partial charge in [-0.15, -0.1) is 0 Å². The molecular weight excluding hydrogens is 386 g/mol. The second-order valence-electron chi connectivity index (χ2n) is 6.99. The lowest BCUT2D eigenvalue weighted by atomic mass is 10.2. The minimum absolute atomic E-state index is 0.0524. The molecule has 3 amide bonds. The number of benzene rings is 2. The van der Waals surface area contributed by atoms with Gasteiger partial charge in [-0.3, -0.25) is 19.3 Å². The van der Waals surface area contributed by atoms with Gasteiger partial charge in [0, 0.05) is 38.4 Å². The van der Waals surface area contributed by atoms with Gasteiger partial charge in [0.25, 0.3) is 11.1 Å². The smallest absolute Gasteiger partial charge is 0.293 e. The third-order valence-corrected chi connectivity index (χ3v) is 5.35. The van der Waals surface area contributed by atoms with Crippen LogP contribution in [0.25, 0.3) is 6.08 Å². The normalized spacial score (nSPS) is 15.1. The summed E-state index contributed by atoms with van der Waals surface area (Å²) in [5, 5.41) is 2.44. The molecule has 0 aromatic heterocycles. The predicted octanol–water partition coefficient (Wildman–Crippen LogP) is 4.13. The highest BCUT2D eigenvalue weighted by atomic mass is 32.2. The van der Waals surface area contributed by atoms with E-state index in [9.17, 15) is 14.4 Å². The second-order valence-corrected chi connectivity index (χ2v) is 7.98. The molecule has 29 heavy (non-hydrogen) atoms. The Morgan fingerprint density at radius 1 is 1.14 bits per heavy atom. The molecule has 1 aliphatic rings. The molecule has 7 heteroatoms. The minimum atomic E-state index is -0.361. The number of hydrogen-bond acceptors (Lipinski definition) is 5. The SMILES string of the molecule is Cc1cccc(NC(=O)CCN2C(=O)SC(=Cc3ccc(N(C)C)cc3)C2=O)c1. The summed E-state index contributed by atoms with van der Waals surface area (Å²) in [6, 6.07) is 15.2. The van der Waals surface area contributed by atoms with Crippen LogP contribution in [0.3, 0.4) is 0 Å². The molecule has 2 aromatic carbocycles. The first kappa shape index (κ1) is 20.7. The summed E-state index contributed by atoms with van der Waals surface area (Å²) < 4.78 is 0. The molecule has 0 aliphatic carbocycles. The van der Waals surface area contributed by atoms with Crippen molar-refractivity contribution >= 4 is 46.3 Å². The number of nitrogens with zero attached hydrogens (tertiary/aromatic N) is 2. The number of amides is 3. The molecule has 0 unspecified atom stereocenters. The van der Waals surface area contributed by atoms with Crippen molar-refractivity contribution in [1.82, 2.24) is 4.90 Å². The zero-order valence-corrected chi connectivity index (χ0v) is 17.5. The summed E-state index contributed by atoms with van der Waals surface area (Å²) in [6.07, 6.45) is 1.76. The van der Waals surface area contributed by atoms with Crippen molar-refractivity contribution in [3.63, 3.8) is 0 Å². The van der Waals surface area contributed by atoms with Crippen LogP contribution in [0.2, 0.25) is 0 Å². The number of hydrogen-bond donors (Lipinski definition) is 1. The van der Waals surface area contributed by atoms with Gasteiger partial charge in [-0.25, -0.2) is 0 Å². The molecule has 0 bridgehead atoms. The van der Waals surface area contributed by atoms with Crippen molar-refractivity contribution in [1.29, 1.82) is 0 Å². The number of carbonyl (C=O) groups is 3. The molecule has 6 nitrogen and oxygen atoms in total. The van der Waals surface area contributed by atoms with Gasteiger partial charge in [-0.1, -0.05) is 24.3 Å². The lowest BCUT2D eigenvalue weighted by Crippen LogP contribution is -2.31. The molecule has 0 saturated carbocycles. The number of aryl methyl sites for hydroxylation is 1. The Labute approximate surface area is 174 Å². The van der Waals surface area contributed by atoms with Crippen LogP contribution in [-0.4, -0.2) is 42.6 Å². The molecule has 0 spiro atoms. The van der Waals surface area contributed by atoms with Crippen molar-refractivity contribution in [2.45, 2.75) is 13.3 Å². The first-order valence-corrected chi connectivity index (χ1v) is 10.0. The number of nitrogens with one attached hydrogen (secondary N) is 1. The van der Waals surface area contributed by atoms with Crippen molar-refractivity contribution in [3.8, 4) is 0 Å². The van der Waals surface area contributed by atoms with E-state index in [1.807, 2.05) is 68.4 Å². The average Bonchev–Trinajstić information content (AvgIpc) is 2.93. The predicted molar refractivity (Wildman–Crippen MR) is 118 cm³/mol. The maximum atomic E-state index is 12.6. The van der Waals surface area contributed by atoms with E-state index in [2.05, 4.69) is 5.32 Å². The van der Waals surface area contributed by atoms with E-state index in [0.29, 0.717) is 10.6 Å². The van der Waals surface area contributed by atoms with E-state index in [1.54, 1.807) is 12.1 Å². The van der Waals surface area contributed by atoms with Crippen LogP contribution >= 0.6 is 11.8 Å². The molecule has 0 atom stereocenters. The van der Waals surface area contributed by atoms with Crippen molar-refractivity contribution in [2.75, 3.05) is 30.9 Å². The molecule has 1 fully saturated rings. The van der Waals surface area contributed by atoms with Gasteiger partial charge in [0.2, 0.25) is 5.91 Å². The van der Waals surface area contributed by atoms with Crippen LogP contribution in [0, 0.1) is 6.92 Å². The Morgan fingerprint density at radius 3 is 2.52 bits per heavy atom. The van der Waals surface area contributed by atoms with Crippen molar-refractivity contribution in [2.24, 2.45) is 0 Å². The van der Waals surface area contributed by atoms with Crippen LogP contribution in [0.15, 0.2) is 53.4 Å². The molecule has 1 N–H and O–H groups in total. The molecule has 1 saturated heterocycles. The van der Waals surface area contributed by atoms with Gasteiger partial charge in [0.1, 0.15) is 0 Å². The van der Waals surface area contributed by atoms with E-state index in [-0.39, 0.29) is 30.0 Å². The number of thioether (sulfide) groups is 1. The summed E-state index contributed by atoms with van der Waals surface area (Å²) >= 11 is 0.901. The van der Waals surface area contributed by atoms with E-state index in [0.717, 1.165) is 33.5 Å². The molecule has 2 aromatic rings. The van der Waals surface area contributed by atoms with Crippen LogP contribution < -0.4 is 10.2 Å². The van der Waals surface area contributed by atoms with Crippen LogP contribution in [-0.2, 0) is 9.59 Å². The van der Waals surface area contributed by atoms with Gasteiger partial charge in [0.15, 0.2) is 0 Å². The maximum absolute atomic E-state index is 12.6. The molecular formula is C22H23N3O3S. The third kappa shape index (κ3) is 5.26. The van der Waals surface area contributed by atoms with Crippen molar-refractivity contribution < 1.29 is 14.4 Å². The number of imide groups is 1. The van der Waals surface area contributed by atoms with Crippen LogP contribution in [0.5, 0.6) is 0 Å². The molecule has 3 rings (SSSR count). The summed E-state index contributed by atoms with van der Waals surface area (Å²) in [7, 11) is 3.91. The first-order valence-electron chi connectivity index (χ1n) is 9.23. The highest BCUT2D eigenvalue weighted by Crippen LogP contribution is 2.32. The average molecular weight is 410 g/mol. The number of carbonyl (C=O) groups excluding carboxylic acids is 3. The van der Waals surface area contributed by atoms with Gasteiger partial charge in [0.05, 0.1) is 4.91 Å². The fraction of sp³-hybridized carbons (Fsp3) is 0.227. The number of rotatable bonds is 6. The Balaban J connectivity index is 1.60. The molecule has 1 heterocycles. The topological polar surface area (TPSA) is 69.7 Å². The monoisotopic (exact) mass is 409 g/mol. The molecule has 0 radical (unpaired) electrons. The van der Waals surface area contributed by atoms with Gasteiger partial charge in [-0.2, -0.15) is 0 Å². The molecule has 150 valence electrons. The van der Waals surface area contributed by atoms with E-state index in [4.69, 9.17) is 0 Å². The lowest BCUT2D eigenvalue weighted by molar-refractivity contribution is -0.123. The Kier molecular flexibility index (Phi) is 6.39. The fourth-order valence-electron chi connectivity index (χ4n) is 2.87. The quantitative estimate of drug-likeness (QED) is 0.727. The summed E-state index contributed by atoms with van der Waals surface area (Å²) in [6.45, 7) is 2.00. The first-order chi connectivity index (χ1) is 13.8. The summed E-state index contributed by atoms with van der Waals surface area (Å²) in [4.78, 5) is 40.5. The summed E-state index contributed by atoms with van der Waals surface area (Å²) in [5.41, 5.74) is 3.64. The third-order valence-electron chi connectivity index (χ3n) is 4.45. The highest BCUT2D eigenvalue weighted by Gasteiger charge is 2.35. The Bertz CT molecular complexity index is 968. The van der Waals surface area contributed by atoms with Crippen molar-refractivity contribution in [3.05, 3.63) is 64.6 Å². The maximum Gasteiger partial charge on any atom is 0.293 e. The van der Waals surface area contributed by atoms with Gasteiger partial charge in [-0.05, 0) is 60.2 Å². The van der Waals surface area contributed by atoms with E-state index in [1.165, 1.54) is 0 Å². The van der Waals surface area contributed by atoms with E-state index >= 15 is 0 Å². The fourth-order valence-corrected chi connectivity index (χ4v) is 3.74. The minimum Gasteiger partial charge on any atom is -0.378 e. The Morgan fingerprint density at radius 2 is 1.86 bits per heavy atom. The standard InChI is InChI=1S/C22H23N3O3S/c1-15-5-4-6-17(13-15)23-20(26)11-12-25-21(27)19(29-22(25)28)14-16-7-9-18(10-8-16)24(2)3/h4-10,13-14H,11-12H2,1-3H3,(H,23,26). The molecule has 1 aliphatic heterocycles. The largest absolute Gasteiger partial charge is 0.378 e. The number of anilines is 2. The van der Waals surface area contributed by atoms with Crippen LogP contribution in [0.1, 0.15) is 17.5 Å². The van der Waals surface area contributed by atoms with Gasteiger partial charge < -0.3 is 10.2 Å². The van der Waals surface area contributed by atoms with E-state index < -0.39 is 0 Å². The zero-order chi connectivity index (χ0) is 21.0. The summed E-state index contributed by atoms with van der Waals surface area (Å²) in [5.74, 6) is -0.599.